The Morgan fingerprint density at radius 3 is 2.46 bits per heavy atom. The molecule has 0 unspecified atom stereocenters. The van der Waals surface area contributed by atoms with Gasteiger partial charge in [0, 0.05) is 45.3 Å². The second-order valence-corrected chi connectivity index (χ2v) is 10.2. The molecule has 39 heavy (non-hydrogen) atoms. The van der Waals surface area contributed by atoms with Crippen molar-refractivity contribution < 1.29 is 14.3 Å². The van der Waals surface area contributed by atoms with Gasteiger partial charge in [0.25, 0.3) is 0 Å². The number of aromatic nitrogens is 3. The van der Waals surface area contributed by atoms with Crippen molar-refractivity contribution in [3.05, 3.63) is 70.0 Å². The third-order valence-corrected chi connectivity index (χ3v) is 7.28. The first-order valence-corrected chi connectivity index (χ1v) is 13.7. The number of hydrogen-bond acceptors (Lipinski definition) is 6. The van der Waals surface area contributed by atoms with Gasteiger partial charge in [-0.3, -0.25) is 9.48 Å². The van der Waals surface area contributed by atoms with Crippen LogP contribution in [0.4, 0.5) is 16.0 Å². The van der Waals surface area contributed by atoms with E-state index in [0.717, 1.165) is 49.2 Å². The number of aliphatic carboxylic acids is 1. The van der Waals surface area contributed by atoms with E-state index in [9.17, 15) is 14.4 Å². The minimum absolute atomic E-state index is 0.177. The third-order valence-electron chi connectivity index (χ3n) is 7.28. The normalized spacial score (nSPS) is 12.6. The number of benzene rings is 2. The number of unbranched alkanes of at least 4 members (excludes halogenated alkanes) is 1. The molecule has 206 valence electrons. The number of nitrogens with zero attached hydrogens (tertiary/aromatic N) is 6. The molecule has 0 atom stereocenters. The molecule has 0 spiro atoms. The molecule has 0 fully saturated rings. The average Bonchev–Trinajstić information content (AvgIpc) is 3.38. The van der Waals surface area contributed by atoms with Crippen LogP contribution in [0.15, 0.2) is 36.7 Å². The van der Waals surface area contributed by atoms with Crippen LogP contribution in [0.5, 0.6) is 0 Å². The first kappa shape index (κ1) is 28.1. The van der Waals surface area contributed by atoms with Gasteiger partial charge in [-0.05, 0) is 91.5 Å². The highest BCUT2D eigenvalue weighted by Crippen LogP contribution is 2.32. The number of carboxylic acids is 1. The quantitative estimate of drug-likeness (QED) is 0.297. The number of carbonyl (C=O) groups is 1. The van der Waals surface area contributed by atoms with Crippen molar-refractivity contribution in [3.8, 4) is 6.07 Å². The number of nitriles is 1. The summed E-state index contributed by atoms with van der Waals surface area (Å²) in [5, 5.41) is 23.1. The monoisotopic (exact) mass is 532 g/mol. The maximum atomic E-state index is 13.6. The summed E-state index contributed by atoms with van der Waals surface area (Å²) < 4.78 is 15.2. The zero-order valence-corrected chi connectivity index (χ0v) is 22.9. The molecule has 0 amide bonds. The summed E-state index contributed by atoms with van der Waals surface area (Å²) in [6.45, 7) is 4.05. The van der Waals surface area contributed by atoms with Gasteiger partial charge < -0.3 is 14.9 Å². The number of carboxylic acid groups (broad SMARTS) is 1. The molecular formula is C30H37FN6O2. The molecule has 1 aromatic heterocycles. The molecule has 0 bridgehead atoms. The fourth-order valence-corrected chi connectivity index (χ4v) is 5.36. The topological polar surface area (TPSA) is 98.3 Å². The molecule has 0 saturated heterocycles. The van der Waals surface area contributed by atoms with Crippen LogP contribution in [0.1, 0.15) is 72.4 Å². The Kier molecular flexibility index (Phi) is 9.53. The summed E-state index contributed by atoms with van der Waals surface area (Å²) in [5.41, 5.74) is 6.82. The molecule has 0 radical (unpaired) electrons. The maximum Gasteiger partial charge on any atom is 0.303 e. The Labute approximate surface area is 229 Å². The van der Waals surface area contributed by atoms with Crippen molar-refractivity contribution in [3.63, 3.8) is 0 Å². The Bertz CT molecular complexity index is 1330. The first-order chi connectivity index (χ1) is 18.9. The lowest BCUT2D eigenvalue weighted by Crippen LogP contribution is -2.29. The fraction of sp³-hybridized carbons (Fsp3) is 0.467. The lowest BCUT2D eigenvalue weighted by Gasteiger charge is -2.31. The molecule has 1 aliphatic carbocycles. The highest BCUT2D eigenvalue weighted by molar-refractivity contribution is 5.66. The molecule has 3 aromatic rings. The van der Waals surface area contributed by atoms with Crippen molar-refractivity contribution in [2.45, 2.75) is 71.6 Å². The number of aryl methyl sites for hydroxylation is 3. The third kappa shape index (κ3) is 7.34. The van der Waals surface area contributed by atoms with Crippen LogP contribution in [0.2, 0.25) is 0 Å². The zero-order valence-electron chi connectivity index (χ0n) is 22.9. The van der Waals surface area contributed by atoms with Crippen molar-refractivity contribution in [2.24, 2.45) is 7.05 Å². The Morgan fingerprint density at radius 1 is 1.08 bits per heavy atom. The summed E-state index contributed by atoms with van der Waals surface area (Å²) in [7, 11) is 1.83. The van der Waals surface area contributed by atoms with E-state index in [1.165, 1.54) is 24.0 Å². The van der Waals surface area contributed by atoms with Crippen LogP contribution in [0, 0.1) is 11.3 Å². The number of rotatable bonds is 13. The van der Waals surface area contributed by atoms with Gasteiger partial charge >= 0.3 is 5.97 Å². The molecule has 1 aliphatic rings. The maximum absolute atomic E-state index is 13.6. The van der Waals surface area contributed by atoms with Crippen LogP contribution in [-0.2, 0) is 44.4 Å². The van der Waals surface area contributed by atoms with E-state index in [1.807, 2.05) is 7.05 Å². The molecule has 0 saturated carbocycles. The van der Waals surface area contributed by atoms with Crippen molar-refractivity contribution in [2.75, 3.05) is 22.9 Å². The van der Waals surface area contributed by atoms with Crippen molar-refractivity contribution in [1.82, 2.24) is 14.8 Å². The number of hydrogen-bond donors (Lipinski definition) is 1. The van der Waals surface area contributed by atoms with Gasteiger partial charge in [0.15, 0.2) is 0 Å². The summed E-state index contributed by atoms with van der Waals surface area (Å²) in [5.74, 6) is -0.197. The van der Waals surface area contributed by atoms with Gasteiger partial charge in [0.2, 0.25) is 5.95 Å². The lowest BCUT2D eigenvalue weighted by atomic mass is 9.89. The van der Waals surface area contributed by atoms with Crippen LogP contribution < -0.4 is 9.80 Å². The van der Waals surface area contributed by atoms with Crippen molar-refractivity contribution >= 4 is 17.6 Å². The minimum Gasteiger partial charge on any atom is -0.481 e. The molecule has 4 rings (SSSR count). The van der Waals surface area contributed by atoms with Gasteiger partial charge in [-0.15, -0.1) is 5.10 Å². The minimum atomic E-state index is -0.762. The smallest absolute Gasteiger partial charge is 0.303 e. The van der Waals surface area contributed by atoms with E-state index in [1.54, 1.807) is 29.2 Å². The summed E-state index contributed by atoms with van der Waals surface area (Å²) >= 11 is 0. The number of fused-ring (bicyclic) bond motifs is 1. The van der Waals surface area contributed by atoms with Crippen LogP contribution >= 0.6 is 0 Å². The van der Waals surface area contributed by atoms with Gasteiger partial charge in [-0.1, -0.05) is 12.1 Å². The Morgan fingerprint density at radius 2 is 1.82 bits per heavy atom. The van der Waals surface area contributed by atoms with E-state index >= 15 is 0 Å². The van der Waals surface area contributed by atoms with Crippen LogP contribution in [0.3, 0.4) is 0 Å². The van der Waals surface area contributed by atoms with Crippen LogP contribution in [-0.4, -0.2) is 38.9 Å². The second-order valence-electron chi connectivity index (χ2n) is 10.2. The highest BCUT2D eigenvalue weighted by atomic mass is 19.1. The standard InChI is InChI=1S/C30H37FN6O2/c1-3-36(11-7-6-10-29(38)39)28-16-26-9-5-4-8-25(26)15-27(28)20-37(30-33-21-35(2)34-30)19-24-13-22(17-31)12-23(14-24)18-32/h12-16,21H,3-11,17,19-20H2,1-2H3,(H,38,39). The van der Waals surface area contributed by atoms with Crippen LogP contribution in [0.25, 0.3) is 0 Å². The predicted octanol–water partition coefficient (Wildman–Crippen LogP) is 5.32. The molecule has 1 N–H and O–H groups in total. The average molecular weight is 533 g/mol. The first-order valence-electron chi connectivity index (χ1n) is 13.7. The highest BCUT2D eigenvalue weighted by Gasteiger charge is 2.21. The van der Waals surface area contributed by atoms with Gasteiger partial charge in [0.1, 0.15) is 13.0 Å². The van der Waals surface area contributed by atoms with E-state index in [-0.39, 0.29) is 6.42 Å². The summed E-state index contributed by atoms with van der Waals surface area (Å²) in [6.07, 6.45) is 7.77. The molecule has 8 nitrogen and oxygen atoms in total. The summed E-state index contributed by atoms with van der Waals surface area (Å²) in [6, 6.07) is 12.0. The zero-order chi connectivity index (χ0) is 27.8. The fourth-order valence-electron chi connectivity index (χ4n) is 5.36. The molecule has 0 aliphatic heterocycles. The van der Waals surface area contributed by atoms with Gasteiger partial charge in [-0.2, -0.15) is 5.26 Å². The second kappa shape index (κ2) is 13.2. The SMILES string of the molecule is CCN(CCCCC(=O)O)c1cc2c(cc1CN(Cc1cc(C#N)cc(CF)c1)c1ncn(C)n1)CCCC2. The van der Waals surface area contributed by atoms with E-state index in [0.29, 0.717) is 36.6 Å². The van der Waals surface area contributed by atoms with Gasteiger partial charge in [-0.25, -0.2) is 9.37 Å². The van der Waals surface area contributed by atoms with E-state index in [4.69, 9.17) is 5.11 Å². The molecule has 2 aromatic carbocycles. The number of anilines is 2. The molecule has 9 heteroatoms. The predicted molar refractivity (Wildman–Crippen MR) is 149 cm³/mol. The number of halogens is 1. The largest absolute Gasteiger partial charge is 0.481 e. The molecule has 1 heterocycles. The van der Waals surface area contributed by atoms with E-state index < -0.39 is 12.6 Å². The van der Waals surface area contributed by atoms with E-state index in [2.05, 4.69) is 45.0 Å². The molecular weight excluding hydrogens is 495 g/mol. The van der Waals surface area contributed by atoms with Crippen molar-refractivity contribution in [1.29, 1.82) is 5.26 Å². The number of alkyl halides is 1. The Balaban J connectivity index is 1.69. The lowest BCUT2D eigenvalue weighted by molar-refractivity contribution is -0.137. The Hall–Kier alpha value is -3.93. The van der Waals surface area contributed by atoms with Gasteiger partial charge in [0.05, 0.1) is 11.6 Å². The summed E-state index contributed by atoms with van der Waals surface area (Å²) in [4.78, 5) is 20.0.